The van der Waals surface area contributed by atoms with Gasteiger partial charge in [0.05, 0.1) is 0 Å². The minimum absolute atomic E-state index is 0.889. The van der Waals surface area contributed by atoms with Crippen LogP contribution in [0.4, 0.5) is 17.3 Å². The fraction of sp³-hybridized carbons (Fsp3) is 0. The maximum Gasteiger partial charge on any atom is 0.673 e. The molecule has 0 fully saturated rings. The van der Waals surface area contributed by atoms with Crippen molar-refractivity contribution in [2.45, 2.75) is 0 Å². The van der Waals surface area contributed by atoms with E-state index in [0.717, 1.165) is 4.48 Å². The van der Waals surface area contributed by atoms with Crippen molar-refractivity contribution in [3.8, 4) is 0 Å². The van der Waals surface area contributed by atoms with E-state index < -0.39 is 7.25 Å². The first-order chi connectivity index (χ1) is 8.42. The number of quaternary nitrogens is 1. The van der Waals surface area contributed by atoms with Crippen LogP contribution in [0.2, 0.25) is 0 Å². The Kier molecular flexibility index (Phi) is 2.10. The summed E-state index contributed by atoms with van der Waals surface area (Å²) in [6, 6.07) is 0. The molecule has 18 heavy (non-hydrogen) atoms. The van der Waals surface area contributed by atoms with E-state index in [-0.39, 0.29) is 0 Å². The molecule has 4 heterocycles. The lowest BCUT2D eigenvalue weighted by Crippen LogP contribution is -2.32. The zero-order valence-corrected chi connectivity index (χ0v) is 9.16. The molecular formula is C12H8BF4N. The Morgan fingerprint density at radius 2 is 0.833 bits per heavy atom. The van der Waals surface area contributed by atoms with Gasteiger partial charge in [0.1, 0.15) is 22.8 Å². The normalized spacial score (nSPS) is 23.8. The lowest BCUT2D eigenvalue weighted by Gasteiger charge is -2.27. The van der Waals surface area contributed by atoms with Crippen molar-refractivity contribution in [3.63, 3.8) is 0 Å². The highest BCUT2D eigenvalue weighted by atomic mass is 19.5. The molecule has 0 aliphatic carbocycles. The van der Waals surface area contributed by atoms with Gasteiger partial charge in [-0.2, -0.15) is 4.48 Å². The third kappa shape index (κ3) is 1.39. The lowest BCUT2D eigenvalue weighted by molar-refractivity contribution is -0.748. The maximum absolute atomic E-state index is 9.75. The fourth-order valence-electron chi connectivity index (χ4n) is 2.69. The smallest absolute Gasteiger partial charge is 0.418 e. The van der Waals surface area contributed by atoms with Crippen LogP contribution in [0.1, 0.15) is 0 Å². The van der Waals surface area contributed by atoms with Gasteiger partial charge in [0.2, 0.25) is 0 Å². The van der Waals surface area contributed by atoms with E-state index >= 15 is 0 Å². The second-order valence-corrected chi connectivity index (χ2v) is 4.20. The van der Waals surface area contributed by atoms with E-state index in [1.54, 1.807) is 0 Å². The minimum atomic E-state index is -6.00. The Bertz CT molecular complexity index is 501. The number of rotatable bonds is 0. The molecule has 0 aromatic carbocycles. The van der Waals surface area contributed by atoms with Crippen LogP contribution in [-0.4, -0.2) is 11.7 Å². The molecule has 0 amide bonds. The Balaban J connectivity index is 0.000000175. The molecule has 0 saturated heterocycles. The molecule has 4 rings (SSSR count). The summed E-state index contributed by atoms with van der Waals surface area (Å²) in [5.74, 6) is 0. The van der Waals surface area contributed by atoms with E-state index in [1.807, 2.05) is 0 Å². The number of halogens is 4. The van der Waals surface area contributed by atoms with Crippen LogP contribution in [0.3, 0.4) is 0 Å². The average molecular weight is 253 g/mol. The molecule has 0 atom stereocenters. The monoisotopic (exact) mass is 253 g/mol. The van der Waals surface area contributed by atoms with Crippen molar-refractivity contribution in [2.75, 3.05) is 0 Å². The van der Waals surface area contributed by atoms with Gasteiger partial charge in [-0.3, -0.25) is 0 Å². The van der Waals surface area contributed by atoms with Crippen molar-refractivity contribution in [2.24, 2.45) is 0 Å². The van der Waals surface area contributed by atoms with Crippen molar-refractivity contribution in [1.29, 1.82) is 0 Å². The summed E-state index contributed by atoms with van der Waals surface area (Å²) in [4.78, 5) is 0. The highest BCUT2D eigenvalue weighted by Crippen LogP contribution is 2.53. The standard InChI is InChI=1S/C12H8N.BF4/c1-2-10-4-3-9(1)13(10)11-5-6-12(13)8-7-11;2-1(3,4)5/h1-8H;/q+1;-1. The van der Waals surface area contributed by atoms with Gasteiger partial charge < -0.3 is 17.3 Å². The van der Waals surface area contributed by atoms with Gasteiger partial charge in [-0.1, -0.05) is 0 Å². The van der Waals surface area contributed by atoms with Crippen molar-refractivity contribution >= 4 is 7.25 Å². The SMILES string of the molecule is C1=CC2=CC=C1[N+]21C2=CC=C1C=C2.F[B-](F)(F)F. The Labute approximate surface area is 101 Å². The predicted molar refractivity (Wildman–Crippen MR) is 61.1 cm³/mol. The number of nitrogens with zero attached hydrogens (tertiary/aromatic N) is 1. The number of hydrogen-bond donors (Lipinski definition) is 0. The van der Waals surface area contributed by atoms with Gasteiger partial charge in [0.25, 0.3) is 0 Å². The van der Waals surface area contributed by atoms with E-state index in [2.05, 4.69) is 48.6 Å². The van der Waals surface area contributed by atoms with Gasteiger partial charge in [0, 0.05) is 48.6 Å². The van der Waals surface area contributed by atoms with Crippen molar-refractivity contribution < 1.29 is 21.7 Å². The summed E-state index contributed by atoms with van der Waals surface area (Å²) in [5.41, 5.74) is 5.54. The summed E-state index contributed by atoms with van der Waals surface area (Å²) in [5, 5.41) is 0. The van der Waals surface area contributed by atoms with E-state index in [9.17, 15) is 17.3 Å². The Morgan fingerprint density at radius 1 is 0.611 bits per heavy atom. The van der Waals surface area contributed by atoms with E-state index in [0.29, 0.717) is 0 Å². The summed E-state index contributed by atoms with van der Waals surface area (Å²) >= 11 is 0. The molecule has 0 saturated carbocycles. The molecule has 6 heteroatoms. The van der Waals surface area contributed by atoms with Gasteiger partial charge in [-0.15, -0.1) is 0 Å². The quantitative estimate of drug-likeness (QED) is 0.350. The molecule has 0 radical (unpaired) electrons. The van der Waals surface area contributed by atoms with E-state index in [1.165, 1.54) is 22.8 Å². The summed E-state index contributed by atoms with van der Waals surface area (Å²) in [6.45, 7) is 0. The molecule has 0 aromatic heterocycles. The molecule has 1 spiro atoms. The van der Waals surface area contributed by atoms with Crippen LogP contribution >= 0.6 is 0 Å². The third-order valence-corrected chi connectivity index (χ3v) is 3.25. The first kappa shape index (κ1) is 11.3. The lowest BCUT2D eigenvalue weighted by atomic mass is 10.3. The van der Waals surface area contributed by atoms with Crippen LogP contribution in [0.5, 0.6) is 0 Å². The maximum atomic E-state index is 9.75. The minimum Gasteiger partial charge on any atom is -0.418 e. The summed E-state index contributed by atoms with van der Waals surface area (Å²) in [7, 11) is -6.00. The van der Waals surface area contributed by atoms with Crippen LogP contribution < -0.4 is 0 Å². The third-order valence-electron chi connectivity index (χ3n) is 3.25. The molecule has 4 aliphatic rings. The van der Waals surface area contributed by atoms with Crippen molar-refractivity contribution in [1.82, 2.24) is 0 Å². The van der Waals surface area contributed by atoms with Crippen LogP contribution in [0.15, 0.2) is 71.4 Å². The van der Waals surface area contributed by atoms with Crippen LogP contribution in [0, 0.1) is 0 Å². The van der Waals surface area contributed by atoms with Gasteiger partial charge >= 0.3 is 7.25 Å². The van der Waals surface area contributed by atoms with Gasteiger partial charge in [-0.05, 0) is 0 Å². The van der Waals surface area contributed by atoms with E-state index in [4.69, 9.17) is 0 Å². The fourth-order valence-corrected chi connectivity index (χ4v) is 2.69. The highest BCUT2D eigenvalue weighted by molar-refractivity contribution is 6.50. The number of hydrogen-bond acceptors (Lipinski definition) is 0. The Hall–Kier alpha value is -1.82. The second kappa shape index (κ2) is 3.35. The molecule has 0 aromatic rings. The molecule has 0 N–H and O–H groups in total. The molecule has 4 aliphatic heterocycles. The van der Waals surface area contributed by atoms with Gasteiger partial charge in [-0.25, -0.2) is 0 Å². The predicted octanol–water partition coefficient (Wildman–Crippen LogP) is 3.81. The average Bonchev–Trinajstić information content (AvgIpc) is 3.01. The first-order valence-electron chi connectivity index (χ1n) is 5.41. The van der Waals surface area contributed by atoms with Crippen molar-refractivity contribution in [3.05, 3.63) is 71.4 Å². The summed E-state index contributed by atoms with van der Waals surface area (Å²) < 4.78 is 39.9. The molecule has 0 unspecified atom stereocenters. The highest BCUT2D eigenvalue weighted by Gasteiger charge is 2.52. The second-order valence-electron chi connectivity index (χ2n) is 4.20. The Morgan fingerprint density at radius 3 is 1.00 bits per heavy atom. The molecule has 92 valence electrons. The molecular weight excluding hydrogens is 245 g/mol. The van der Waals surface area contributed by atoms with Crippen LogP contribution in [0.25, 0.3) is 0 Å². The molecule has 4 bridgehead atoms. The topological polar surface area (TPSA) is 0 Å². The summed E-state index contributed by atoms with van der Waals surface area (Å²) in [6.07, 6.45) is 17.7. The zero-order chi connectivity index (χ0) is 13.0. The largest absolute Gasteiger partial charge is 0.673 e. The van der Waals surface area contributed by atoms with Crippen LogP contribution in [-0.2, 0) is 0 Å². The van der Waals surface area contributed by atoms with Gasteiger partial charge in [0.15, 0.2) is 0 Å². The zero-order valence-electron chi connectivity index (χ0n) is 9.16. The number of allylic oxidation sites excluding steroid dienone is 8. The first-order valence-corrected chi connectivity index (χ1v) is 5.41. The molecule has 1 nitrogen and oxygen atoms in total.